The van der Waals surface area contributed by atoms with Crippen molar-refractivity contribution in [1.82, 2.24) is 0 Å². The normalized spacial score (nSPS) is 11.8. The van der Waals surface area contributed by atoms with Crippen molar-refractivity contribution in [3.63, 3.8) is 0 Å². The van der Waals surface area contributed by atoms with Crippen LogP contribution in [0.5, 0.6) is 0 Å². The van der Waals surface area contributed by atoms with E-state index >= 15 is 0 Å². The number of aryl methyl sites for hydroxylation is 1. The van der Waals surface area contributed by atoms with Crippen LogP contribution in [0.3, 0.4) is 0 Å². The minimum atomic E-state index is 0.731. The van der Waals surface area contributed by atoms with E-state index < -0.39 is 0 Å². The fraction of sp³-hybridized carbons (Fsp3) is 0.467. The van der Waals surface area contributed by atoms with Gasteiger partial charge in [-0.15, -0.1) is 0 Å². The third-order valence-corrected chi connectivity index (χ3v) is 2.74. The van der Waals surface area contributed by atoms with Gasteiger partial charge >= 0.3 is 0 Å². The third kappa shape index (κ3) is 6.25. The molecule has 0 heterocycles. The Morgan fingerprint density at radius 1 is 1.29 bits per heavy atom. The van der Waals surface area contributed by atoms with Gasteiger partial charge in [-0.3, -0.25) is 0 Å². The fourth-order valence-electron chi connectivity index (χ4n) is 1.84. The van der Waals surface area contributed by atoms with E-state index in [1.165, 1.54) is 11.1 Å². The molecule has 2 N–H and O–H groups in total. The lowest BCUT2D eigenvalue weighted by Crippen LogP contribution is -2.02. The number of rotatable bonds is 8. The zero-order valence-corrected chi connectivity index (χ0v) is 10.7. The summed E-state index contributed by atoms with van der Waals surface area (Å²) < 4.78 is 5.19. The van der Waals surface area contributed by atoms with Gasteiger partial charge in [-0.05, 0) is 43.4 Å². The van der Waals surface area contributed by atoms with Crippen LogP contribution >= 0.6 is 0 Å². The summed E-state index contributed by atoms with van der Waals surface area (Å²) in [4.78, 5) is 0. The molecule has 0 bridgehead atoms. The Hall–Kier alpha value is -1.12. The van der Waals surface area contributed by atoms with E-state index in [-0.39, 0.29) is 0 Å². The van der Waals surface area contributed by atoms with Crippen molar-refractivity contribution in [3.8, 4) is 0 Å². The molecule has 0 radical (unpaired) electrons. The van der Waals surface area contributed by atoms with Crippen LogP contribution in [0.1, 0.15) is 24.8 Å². The molecule has 0 aliphatic heterocycles. The summed E-state index contributed by atoms with van der Waals surface area (Å²) in [7, 11) is 1.74. The quantitative estimate of drug-likeness (QED) is 0.701. The second-order valence-corrected chi connectivity index (χ2v) is 4.21. The SMILES string of the molecule is COC/C(=C/CCc1ccccc1)CCCN. The third-order valence-electron chi connectivity index (χ3n) is 2.74. The van der Waals surface area contributed by atoms with Crippen LogP contribution in [-0.2, 0) is 11.2 Å². The zero-order valence-electron chi connectivity index (χ0n) is 10.7. The lowest BCUT2D eigenvalue weighted by Gasteiger charge is -2.06. The summed E-state index contributed by atoms with van der Waals surface area (Å²) >= 11 is 0. The van der Waals surface area contributed by atoms with E-state index in [1.54, 1.807) is 7.11 Å². The summed E-state index contributed by atoms with van der Waals surface area (Å²) in [6, 6.07) is 10.6. The van der Waals surface area contributed by atoms with E-state index in [2.05, 4.69) is 36.4 Å². The van der Waals surface area contributed by atoms with E-state index in [0.29, 0.717) is 0 Å². The Morgan fingerprint density at radius 3 is 2.71 bits per heavy atom. The summed E-state index contributed by atoms with van der Waals surface area (Å²) in [5.74, 6) is 0. The van der Waals surface area contributed by atoms with Crippen LogP contribution in [-0.4, -0.2) is 20.3 Å². The van der Waals surface area contributed by atoms with Crippen molar-refractivity contribution in [2.24, 2.45) is 5.73 Å². The van der Waals surface area contributed by atoms with Crippen molar-refractivity contribution >= 4 is 0 Å². The van der Waals surface area contributed by atoms with Crippen LogP contribution in [0.4, 0.5) is 0 Å². The molecular weight excluding hydrogens is 210 g/mol. The van der Waals surface area contributed by atoms with Gasteiger partial charge in [-0.25, -0.2) is 0 Å². The number of benzene rings is 1. The molecule has 1 aromatic rings. The van der Waals surface area contributed by atoms with E-state index in [9.17, 15) is 0 Å². The van der Waals surface area contributed by atoms with Gasteiger partial charge in [0, 0.05) is 7.11 Å². The molecule has 0 unspecified atom stereocenters. The van der Waals surface area contributed by atoms with Gasteiger partial charge in [-0.1, -0.05) is 36.4 Å². The first kappa shape index (κ1) is 13.9. The molecule has 0 saturated heterocycles. The molecule has 0 aromatic heterocycles. The van der Waals surface area contributed by atoms with E-state index in [4.69, 9.17) is 10.5 Å². The molecule has 0 fully saturated rings. The summed E-state index contributed by atoms with van der Waals surface area (Å²) in [5, 5.41) is 0. The molecule has 2 heteroatoms. The van der Waals surface area contributed by atoms with Crippen LogP contribution in [0.2, 0.25) is 0 Å². The number of allylic oxidation sites excluding steroid dienone is 1. The van der Waals surface area contributed by atoms with Crippen molar-refractivity contribution in [3.05, 3.63) is 47.5 Å². The highest BCUT2D eigenvalue weighted by atomic mass is 16.5. The van der Waals surface area contributed by atoms with Crippen LogP contribution in [0.15, 0.2) is 42.0 Å². The van der Waals surface area contributed by atoms with E-state index in [1.807, 2.05) is 0 Å². The molecule has 0 amide bonds. The molecule has 0 aliphatic rings. The van der Waals surface area contributed by atoms with Gasteiger partial charge in [0.1, 0.15) is 0 Å². The van der Waals surface area contributed by atoms with Gasteiger partial charge < -0.3 is 10.5 Å². The smallest absolute Gasteiger partial charge is 0.0673 e. The number of hydrogen-bond acceptors (Lipinski definition) is 2. The Labute approximate surface area is 104 Å². The molecule has 2 nitrogen and oxygen atoms in total. The Bertz CT molecular complexity index is 319. The predicted molar refractivity (Wildman–Crippen MR) is 73.0 cm³/mol. The first-order chi connectivity index (χ1) is 8.36. The van der Waals surface area contributed by atoms with Crippen molar-refractivity contribution in [2.75, 3.05) is 20.3 Å². The highest BCUT2D eigenvalue weighted by Gasteiger charge is 1.97. The highest BCUT2D eigenvalue weighted by molar-refractivity contribution is 5.15. The Kier molecular flexibility index (Phi) is 7.35. The van der Waals surface area contributed by atoms with Crippen LogP contribution in [0, 0.1) is 0 Å². The first-order valence-corrected chi connectivity index (χ1v) is 6.27. The predicted octanol–water partition coefficient (Wildman–Crippen LogP) is 2.93. The molecule has 1 aromatic carbocycles. The number of methoxy groups -OCH3 is 1. The summed E-state index contributed by atoms with van der Waals surface area (Å²) in [5.41, 5.74) is 8.28. The average molecular weight is 233 g/mol. The monoisotopic (exact) mass is 233 g/mol. The minimum absolute atomic E-state index is 0.731. The molecule has 0 aliphatic carbocycles. The molecule has 0 saturated carbocycles. The number of ether oxygens (including phenoxy) is 1. The lowest BCUT2D eigenvalue weighted by atomic mass is 10.1. The maximum atomic E-state index is 5.52. The van der Waals surface area contributed by atoms with Crippen LogP contribution in [0.25, 0.3) is 0 Å². The minimum Gasteiger partial charge on any atom is -0.380 e. The molecule has 17 heavy (non-hydrogen) atoms. The Morgan fingerprint density at radius 2 is 2.06 bits per heavy atom. The van der Waals surface area contributed by atoms with Gasteiger partial charge in [0.2, 0.25) is 0 Å². The van der Waals surface area contributed by atoms with Crippen LogP contribution < -0.4 is 5.73 Å². The van der Waals surface area contributed by atoms with Gasteiger partial charge in [0.15, 0.2) is 0 Å². The van der Waals surface area contributed by atoms with Crippen molar-refractivity contribution in [1.29, 1.82) is 0 Å². The number of hydrogen-bond donors (Lipinski definition) is 1. The summed E-state index contributed by atoms with van der Waals surface area (Å²) in [6.45, 7) is 1.48. The highest BCUT2D eigenvalue weighted by Crippen LogP contribution is 2.09. The zero-order chi connectivity index (χ0) is 12.3. The molecule has 94 valence electrons. The first-order valence-electron chi connectivity index (χ1n) is 6.27. The maximum Gasteiger partial charge on any atom is 0.0673 e. The number of nitrogens with two attached hydrogens (primary N) is 1. The topological polar surface area (TPSA) is 35.2 Å². The fourth-order valence-corrected chi connectivity index (χ4v) is 1.84. The second-order valence-electron chi connectivity index (χ2n) is 4.21. The molecular formula is C15H23NO. The maximum absolute atomic E-state index is 5.52. The largest absolute Gasteiger partial charge is 0.380 e. The standard InChI is InChI=1S/C15H23NO/c1-17-13-15(11-6-12-16)10-5-9-14-7-3-2-4-8-14/h2-4,7-8,10H,5-6,9,11-13,16H2,1H3/b15-10+. The average Bonchev–Trinajstić information content (AvgIpc) is 2.37. The van der Waals surface area contributed by atoms with E-state index in [0.717, 1.165) is 38.8 Å². The van der Waals surface area contributed by atoms with Gasteiger partial charge in [-0.2, -0.15) is 0 Å². The Balaban J connectivity index is 2.37. The van der Waals surface area contributed by atoms with Crippen molar-refractivity contribution < 1.29 is 4.74 Å². The molecule has 0 spiro atoms. The van der Waals surface area contributed by atoms with Crippen molar-refractivity contribution in [2.45, 2.75) is 25.7 Å². The molecule has 1 rings (SSSR count). The van der Waals surface area contributed by atoms with Gasteiger partial charge in [0.25, 0.3) is 0 Å². The lowest BCUT2D eigenvalue weighted by molar-refractivity contribution is 0.222. The second kappa shape index (κ2) is 8.97. The van der Waals surface area contributed by atoms with Gasteiger partial charge in [0.05, 0.1) is 6.61 Å². The summed E-state index contributed by atoms with van der Waals surface area (Å²) in [6.07, 6.45) is 6.57. The molecule has 0 atom stereocenters.